The van der Waals surface area contributed by atoms with Gasteiger partial charge in [-0.05, 0) is 30.5 Å². The molecule has 1 amide bonds. The third-order valence-electron chi connectivity index (χ3n) is 4.17. The van der Waals surface area contributed by atoms with Crippen molar-refractivity contribution in [3.63, 3.8) is 0 Å². The Bertz CT molecular complexity index is 867. The fourth-order valence-corrected chi connectivity index (χ4v) is 2.77. The fraction of sp³-hybridized carbons (Fsp3) is 0.294. The molecule has 0 atom stereocenters. The van der Waals surface area contributed by atoms with Gasteiger partial charge in [-0.15, -0.1) is 0 Å². The Balaban J connectivity index is 1.52. The van der Waals surface area contributed by atoms with Gasteiger partial charge in [-0.25, -0.2) is 9.97 Å². The molecule has 1 aliphatic carbocycles. The molecule has 2 heterocycles. The normalized spacial score (nSPS) is 14.1. The van der Waals surface area contributed by atoms with Crippen molar-refractivity contribution in [3.8, 4) is 0 Å². The Hall–Kier alpha value is -2.76. The number of carbonyl (C=O) groups is 1. The summed E-state index contributed by atoms with van der Waals surface area (Å²) in [4.78, 5) is 24.6. The first-order valence-electron chi connectivity index (χ1n) is 7.72. The van der Waals surface area contributed by atoms with Crippen LogP contribution in [0, 0.1) is 0 Å². The van der Waals surface area contributed by atoms with E-state index >= 15 is 0 Å². The molecular weight excluding hydrogens is 290 g/mol. The number of carbonyl (C=O) groups excluding carboxylic acids is 1. The van der Waals surface area contributed by atoms with Crippen LogP contribution >= 0.6 is 0 Å². The summed E-state index contributed by atoms with van der Waals surface area (Å²) >= 11 is 0. The Morgan fingerprint density at radius 3 is 2.96 bits per heavy atom. The maximum absolute atomic E-state index is 12.0. The highest BCUT2D eigenvalue weighted by Gasteiger charge is 2.28. The van der Waals surface area contributed by atoms with E-state index in [1.807, 2.05) is 12.1 Å². The number of hydrogen-bond donors (Lipinski definition) is 1. The van der Waals surface area contributed by atoms with Crippen LogP contribution in [0.4, 0.5) is 0 Å². The number of hydrogen-bond acceptors (Lipinski definition) is 4. The van der Waals surface area contributed by atoms with Gasteiger partial charge in [0.25, 0.3) is 5.91 Å². The van der Waals surface area contributed by atoms with Crippen LogP contribution in [0.1, 0.15) is 40.6 Å². The summed E-state index contributed by atoms with van der Waals surface area (Å²) in [6, 6.07) is 6.13. The maximum atomic E-state index is 12.0. The van der Waals surface area contributed by atoms with E-state index in [-0.39, 0.29) is 5.91 Å². The molecular formula is C17H17N5O. The highest BCUT2D eigenvalue weighted by atomic mass is 16.1. The molecule has 1 aliphatic rings. The Morgan fingerprint density at radius 1 is 1.35 bits per heavy atom. The highest BCUT2D eigenvalue weighted by molar-refractivity contribution is 5.91. The summed E-state index contributed by atoms with van der Waals surface area (Å²) in [7, 11) is 2.07. The van der Waals surface area contributed by atoms with Gasteiger partial charge >= 0.3 is 0 Å². The summed E-state index contributed by atoms with van der Waals surface area (Å²) in [5.41, 5.74) is 3.47. The van der Waals surface area contributed by atoms with E-state index in [0.717, 1.165) is 16.6 Å². The quantitative estimate of drug-likeness (QED) is 0.802. The predicted octanol–water partition coefficient (Wildman–Crippen LogP) is 2.17. The first-order chi connectivity index (χ1) is 11.2. The molecule has 1 N–H and O–H groups in total. The maximum Gasteiger partial charge on any atom is 0.271 e. The molecule has 2 aromatic heterocycles. The number of aromatic nitrogens is 4. The Morgan fingerprint density at radius 2 is 2.22 bits per heavy atom. The zero-order valence-corrected chi connectivity index (χ0v) is 12.9. The molecule has 23 heavy (non-hydrogen) atoms. The van der Waals surface area contributed by atoms with Gasteiger partial charge in [0.1, 0.15) is 11.5 Å². The van der Waals surface area contributed by atoms with E-state index < -0.39 is 0 Å². The zero-order valence-electron chi connectivity index (χ0n) is 12.9. The standard InChI is InChI=1S/C17H17N5O/c1-22-15-5-2-11(8-13(15)21-16(22)12-3-4-12)9-20-17(23)14-10-18-6-7-19-14/h2,5-8,10,12H,3-4,9H2,1H3,(H,20,23). The number of nitrogens with zero attached hydrogens (tertiary/aromatic N) is 4. The summed E-state index contributed by atoms with van der Waals surface area (Å²) in [6.07, 6.45) is 6.98. The van der Waals surface area contributed by atoms with Crippen molar-refractivity contribution >= 4 is 16.9 Å². The second-order valence-electron chi connectivity index (χ2n) is 5.90. The summed E-state index contributed by atoms with van der Waals surface area (Å²) in [5, 5.41) is 2.86. The van der Waals surface area contributed by atoms with Gasteiger partial charge in [0.05, 0.1) is 17.2 Å². The summed E-state index contributed by atoms with van der Waals surface area (Å²) < 4.78 is 2.18. The van der Waals surface area contributed by atoms with Crippen LogP contribution in [0.2, 0.25) is 0 Å². The average molecular weight is 307 g/mol. The number of amides is 1. The van der Waals surface area contributed by atoms with Gasteiger partial charge in [0.15, 0.2) is 0 Å². The minimum atomic E-state index is -0.224. The number of fused-ring (bicyclic) bond motifs is 1. The molecule has 6 heteroatoms. The third kappa shape index (κ3) is 2.67. The van der Waals surface area contributed by atoms with Crippen molar-refractivity contribution in [3.05, 3.63) is 53.9 Å². The first-order valence-corrected chi connectivity index (χ1v) is 7.72. The van der Waals surface area contributed by atoms with E-state index in [4.69, 9.17) is 4.98 Å². The van der Waals surface area contributed by atoms with Gasteiger partial charge in [-0.2, -0.15) is 0 Å². The van der Waals surface area contributed by atoms with E-state index in [1.54, 1.807) is 6.20 Å². The Labute approximate surface area is 133 Å². The molecule has 4 rings (SSSR count). The fourth-order valence-electron chi connectivity index (χ4n) is 2.77. The smallest absolute Gasteiger partial charge is 0.271 e. The van der Waals surface area contributed by atoms with Gasteiger partial charge in [0, 0.05) is 31.9 Å². The molecule has 1 fully saturated rings. The van der Waals surface area contributed by atoms with Crippen molar-refractivity contribution in [2.75, 3.05) is 0 Å². The molecule has 0 saturated heterocycles. The second-order valence-corrected chi connectivity index (χ2v) is 5.90. The molecule has 3 aromatic rings. The number of imidazole rings is 1. The Kier molecular flexibility index (Phi) is 3.29. The molecule has 0 aliphatic heterocycles. The minimum absolute atomic E-state index is 0.224. The minimum Gasteiger partial charge on any atom is -0.347 e. The number of nitrogens with one attached hydrogen (secondary N) is 1. The topological polar surface area (TPSA) is 72.7 Å². The van der Waals surface area contributed by atoms with Crippen LogP contribution in [-0.2, 0) is 13.6 Å². The van der Waals surface area contributed by atoms with E-state index in [9.17, 15) is 4.79 Å². The van der Waals surface area contributed by atoms with E-state index in [0.29, 0.717) is 18.2 Å². The molecule has 6 nitrogen and oxygen atoms in total. The third-order valence-corrected chi connectivity index (χ3v) is 4.17. The number of rotatable bonds is 4. The monoisotopic (exact) mass is 307 g/mol. The molecule has 1 saturated carbocycles. The SMILES string of the molecule is Cn1c(C2CC2)nc2cc(CNC(=O)c3cnccn3)ccc21. The van der Waals surface area contributed by atoms with Gasteiger partial charge in [-0.1, -0.05) is 6.07 Å². The van der Waals surface area contributed by atoms with Crippen molar-refractivity contribution in [2.24, 2.45) is 7.05 Å². The van der Waals surface area contributed by atoms with Gasteiger partial charge in [-0.3, -0.25) is 9.78 Å². The van der Waals surface area contributed by atoms with Crippen molar-refractivity contribution in [1.29, 1.82) is 0 Å². The number of benzene rings is 1. The summed E-state index contributed by atoms with van der Waals surface area (Å²) in [5.74, 6) is 1.56. The average Bonchev–Trinajstić information content (AvgIpc) is 3.38. The van der Waals surface area contributed by atoms with Gasteiger partial charge < -0.3 is 9.88 Å². The van der Waals surface area contributed by atoms with Crippen LogP contribution in [0.3, 0.4) is 0 Å². The van der Waals surface area contributed by atoms with Crippen LogP contribution in [0.15, 0.2) is 36.8 Å². The van der Waals surface area contributed by atoms with Crippen molar-refractivity contribution in [2.45, 2.75) is 25.3 Å². The van der Waals surface area contributed by atoms with Gasteiger partial charge in [0.2, 0.25) is 0 Å². The predicted molar refractivity (Wildman–Crippen MR) is 85.9 cm³/mol. The van der Waals surface area contributed by atoms with Crippen molar-refractivity contribution in [1.82, 2.24) is 24.8 Å². The lowest BCUT2D eigenvalue weighted by Crippen LogP contribution is -2.23. The molecule has 0 unspecified atom stereocenters. The molecule has 116 valence electrons. The zero-order chi connectivity index (χ0) is 15.8. The first kappa shape index (κ1) is 13.9. The molecule has 0 radical (unpaired) electrons. The van der Waals surface area contributed by atoms with E-state index in [1.165, 1.54) is 31.1 Å². The summed E-state index contributed by atoms with van der Waals surface area (Å²) in [6.45, 7) is 0.445. The van der Waals surface area contributed by atoms with Crippen LogP contribution in [0.25, 0.3) is 11.0 Å². The lowest BCUT2D eigenvalue weighted by Gasteiger charge is -2.05. The number of aryl methyl sites for hydroxylation is 1. The lowest BCUT2D eigenvalue weighted by molar-refractivity contribution is 0.0945. The van der Waals surface area contributed by atoms with Crippen LogP contribution in [-0.4, -0.2) is 25.4 Å². The second kappa shape index (κ2) is 5.46. The van der Waals surface area contributed by atoms with E-state index in [2.05, 4.69) is 33.0 Å². The van der Waals surface area contributed by atoms with Crippen LogP contribution < -0.4 is 5.32 Å². The van der Waals surface area contributed by atoms with Crippen molar-refractivity contribution < 1.29 is 4.79 Å². The van der Waals surface area contributed by atoms with Crippen LogP contribution in [0.5, 0.6) is 0 Å². The lowest BCUT2D eigenvalue weighted by atomic mass is 10.2. The molecule has 0 spiro atoms. The highest BCUT2D eigenvalue weighted by Crippen LogP contribution is 2.40. The molecule has 0 bridgehead atoms. The molecule has 1 aromatic carbocycles. The largest absolute Gasteiger partial charge is 0.347 e.